The second-order valence-electron chi connectivity index (χ2n) is 5.93. The number of fused-ring (bicyclic) bond motifs is 1. The summed E-state index contributed by atoms with van der Waals surface area (Å²) in [6.45, 7) is 7.29. The van der Waals surface area contributed by atoms with Crippen molar-refractivity contribution in [1.29, 1.82) is 0 Å². The van der Waals surface area contributed by atoms with Crippen molar-refractivity contribution in [3.63, 3.8) is 0 Å². The number of nitrogens with one attached hydrogen (secondary N) is 2. The molecule has 22 heavy (non-hydrogen) atoms. The average molecular weight is 300 g/mol. The zero-order valence-corrected chi connectivity index (χ0v) is 13.0. The third-order valence-electron chi connectivity index (χ3n) is 4.04. The van der Waals surface area contributed by atoms with Gasteiger partial charge in [-0.2, -0.15) is 0 Å². The molecule has 0 fully saturated rings. The number of anilines is 1. The highest BCUT2D eigenvalue weighted by Gasteiger charge is 2.24. The molecule has 0 amide bonds. The predicted molar refractivity (Wildman–Crippen MR) is 86.6 cm³/mol. The lowest BCUT2D eigenvalue weighted by molar-refractivity contribution is 0.219. The minimum atomic E-state index is -0.418. The Morgan fingerprint density at radius 2 is 1.82 bits per heavy atom. The molecule has 0 saturated heterocycles. The molecule has 1 aliphatic rings. The number of aryl methyl sites for hydroxylation is 1. The number of benzene rings is 1. The molecular weight excluding hydrogens is 280 g/mol. The number of nitrogens with zero attached hydrogens (tertiary/aromatic N) is 2. The Morgan fingerprint density at radius 3 is 2.45 bits per heavy atom. The average Bonchev–Trinajstić information content (AvgIpc) is 2.48. The Bertz CT molecular complexity index is 802. The number of aromatic amines is 1. The van der Waals surface area contributed by atoms with E-state index in [1.54, 1.807) is 0 Å². The van der Waals surface area contributed by atoms with Crippen molar-refractivity contribution in [2.75, 3.05) is 12.0 Å². The molecule has 6 nitrogen and oxygen atoms in total. The molecule has 2 heterocycles. The van der Waals surface area contributed by atoms with Gasteiger partial charge in [0.1, 0.15) is 5.82 Å². The van der Waals surface area contributed by atoms with Crippen molar-refractivity contribution in [2.24, 2.45) is 0 Å². The monoisotopic (exact) mass is 300 g/mol. The molecule has 0 radical (unpaired) electrons. The number of H-pyrrole nitrogens is 1. The lowest BCUT2D eigenvalue weighted by atomic mass is 10.2. The summed E-state index contributed by atoms with van der Waals surface area (Å²) in [5.74, 6) is 0.592. The minimum absolute atomic E-state index is 0.318. The normalized spacial score (nSPS) is 14.7. The third kappa shape index (κ3) is 2.46. The maximum atomic E-state index is 12.3. The van der Waals surface area contributed by atoms with E-state index in [2.05, 4.69) is 29.0 Å². The van der Waals surface area contributed by atoms with Crippen LogP contribution in [0.2, 0.25) is 0 Å². The molecule has 1 aromatic heterocycles. The molecule has 0 saturated carbocycles. The molecule has 0 unspecified atom stereocenters. The first kappa shape index (κ1) is 14.6. The van der Waals surface area contributed by atoms with Gasteiger partial charge in [0.05, 0.1) is 17.9 Å². The van der Waals surface area contributed by atoms with Crippen LogP contribution >= 0.6 is 0 Å². The molecule has 0 bridgehead atoms. The molecular formula is C16H20N4O2. The summed E-state index contributed by atoms with van der Waals surface area (Å²) >= 11 is 0. The Hall–Kier alpha value is -2.34. The molecule has 0 aliphatic carbocycles. The van der Waals surface area contributed by atoms with Crippen molar-refractivity contribution >= 4 is 5.82 Å². The van der Waals surface area contributed by atoms with Gasteiger partial charge in [-0.1, -0.05) is 17.7 Å². The number of rotatable bonds is 2. The van der Waals surface area contributed by atoms with Gasteiger partial charge < -0.3 is 5.32 Å². The molecule has 2 aromatic rings. The number of hydrogen-bond donors (Lipinski definition) is 2. The quantitative estimate of drug-likeness (QED) is 0.880. The second-order valence-corrected chi connectivity index (χ2v) is 5.93. The summed E-state index contributed by atoms with van der Waals surface area (Å²) in [5, 5.41) is 3.23. The lowest BCUT2D eigenvalue weighted by Gasteiger charge is -2.33. The zero-order valence-electron chi connectivity index (χ0n) is 13.0. The first-order valence-electron chi connectivity index (χ1n) is 7.40. The highest BCUT2D eigenvalue weighted by atomic mass is 16.2. The first-order chi connectivity index (χ1) is 10.5. The van der Waals surface area contributed by atoms with Crippen LogP contribution in [0, 0.1) is 6.92 Å². The van der Waals surface area contributed by atoms with Crippen LogP contribution in [0.5, 0.6) is 0 Å². The summed E-state index contributed by atoms with van der Waals surface area (Å²) in [4.78, 5) is 29.0. The van der Waals surface area contributed by atoms with Gasteiger partial charge in [0.2, 0.25) is 0 Å². The van der Waals surface area contributed by atoms with Crippen molar-refractivity contribution in [3.05, 3.63) is 56.2 Å². The summed E-state index contributed by atoms with van der Waals surface area (Å²) in [6, 6.07) is 7.97. The van der Waals surface area contributed by atoms with E-state index in [-0.39, 0.29) is 5.56 Å². The Morgan fingerprint density at radius 1 is 1.14 bits per heavy atom. The summed E-state index contributed by atoms with van der Waals surface area (Å²) < 4.78 is 1.54. The summed E-state index contributed by atoms with van der Waals surface area (Å²) in [6.07, 6.45) is 0. The first-order valence-corrected chi connectivity index (χ1v) is 7.40. The van der Waals surface area contributed by atoms with E-state index in [9.17, 15) is 9.59 Å². The van der Waals surface area contributed by atoms with Gasteiger partial charge in [-0.05, 0) is 32.9 Å². The Balaban J connectivity index is 2.17. The Labute approximate surface area is 128 Å². The smallest absolute Gasteiger partial charge is 0.334 e. The standard InChI is InChI=1S/C16H20N4O2/c1-10(2)19-8-13-14(17-9-19)20(16(22)18-15(13)21)12-6-4-11(3)5-7-12/h4-7,10,17H,8-9H2,1-3H3,(H,18,21,22). The van der Waals surface area contributed by atoms with Crippen molar-refractivity contribution < 1.29 is 0 Å². The van der Waals surface area contributed by atoms with E-state index < -0.39 is 5.69 Å². The fourth-order valence-electron chi connectivity index (χ4n) is 2.65. The highest BCUT2D eigenvalue weighted by Crippen LogP contribution is 2.21. The second kappa shape index (κ2) is 5.46. The van der Waals surface area contributed by atoms with Gasteiger partial charge in [-0.15, -0.1) is 0 Å². The molecule has 6 heteroatoms. The third-order valence-corrected chi connectivity index (χ3v) is 4.04. The van der Waals surface area contributed by atoms with E-state index >= 15 is 0 Å². The molecule has 2 N–H and O–H groups in total. The molecule has 1 aromatic carbocycles. The molecule has 116 valence electrons. The van der Waals surface area contributed by atoms with Crippen molar-refractivity contribution in [1.82, 2.24) is 14.5 Å². The summed E-state index contributed by atoms with van der Waals surface area (Å²) in [5.41, 5.74) is 1.72. The van der Waals surface area contributed by atoms with Crippen LogP contribution in [0.1, 0.15) is 25.0 Å². The minimum Gasteiger partial charge on any atom is -0.358 e. The maximum absolute atomic E-state index is 12.3. The zero-order chi connectivity index (χ0) is 15.9. The van der Waals surface area contributed by atoms with Gasteiger partial charge in [-0.25, -0.2) is 9.36 Å². The number of hydrogen-bond acceptors (Lipinski definition) is 4. The van der Waals surface area contributed by atoms with Crippen LogP contribution in [-0.2, 0) is 6.54 Å². The maximum Gasteiger partial charge on any atom is 0.334 e. The van der Waals surface area contributed by atoms with Crippen LogP contribution in [0.4, 0.5) is 5.82 Å². The van der Waals surface area contributed by atoms with E-state index in [0.29, 0.717) is 30.6 Å². The van der Waals surface area contributed by atoms with Gasteiger partial charge in [0, 0.05) is 12.6 Å². The topological polar surface area (TPSA) is 70.1 Å². The predicted octanol–water partition coefficient (Wildman–Crippen LogP) is 1.43. The SMILES string of the molecule is Cc1ccc(-n2c3c(c(=O)[nH]c2=O)CN(C(C)C)CN3)cc1. The van der Waals surface area contributed by atoms with Crippen LogP contribution in [-0.4, -0.2) is 27.2 Å². The van der Waals surface area contributed by atoms with Crippen LogP contribution < -0.4 is 16.6 Å². The molecule has 0 spiro atoms. The van der Waals surface area contributed by atoms with Crippen molar-refractivity contribution in [3.8, 4) is 5.69 Å². The highest BCUT2D eigenvalue weighted by molar-refractivity contribution is 5.52. The van der Waals surface area contributed by atoms with Crippen LogP contribution in [0.25, 0.3) is 5.69 Å². The van der Waals surface area contributed by atoms with Crippen molar-refractivity contribution in [2.45, 2.75) is 33.4 Å². The van der Waals surface area contributed by atoms with Gasteiger partial charge >= 0.3 is 5.69 Å². The van der Waals surface area contributed by atoms with Gasteiger partial charge in [0.15, 0.2) is 0 Å². The molecule has 0 atom stereocenters. The van der Waals surface area contributed by atoms with E-state index in [1.807, 2.05) is 31.2 Å². The van der Waals surface area contributed by atoms with Gasteiger partial charge in [-0.3, -0.25) is 14.7 Å². The summed E-state index contributed by atoms with van der Waals surface area (Å²) in [7, 11) is 0. The lowest BCUT2D eigenvalue weighted by Crippen LogP contribution is -2.45. The molecule has 3 rings (SSSR count). The van der Waals surface area contributed by atoms with E-state index in [4.69, 9.17) is 0 Å². The van der Waals surface area contributed by atoms with E-state index in [1.165, 1.54) is 4.57 Å². The Kier molecular flexibility index (Phi) is 3.62. The fraction of sp³-hybridized carbons (Fsp3) is 0.375. The van der Waals surface area contributed by atoms with Gasteiger partial charge in [0.25, 0.3) is 5.56 Å². The molecule has 1 aliphatic heterocycles. The van der Waals surface area contributed by atoms with Crippen LogP contribution in [0.15, 0.2) is 33.9 Å². The fourth-order valence-corrected chi connectivity index (χ4v) is 2.65. The largest absolute Gasteiger partial charge is 0.358 e. The number of aromatic nitrogens is 2. The van der Waals surface area contributed by atoms with E-state index in [0.717, 1.165) is 11.3 Å². The van der Waals surface area contributed by atoms with Crippen LogP contribution in [0.3, 0.4) is 0 Å².